The molecule has 0 amide bonds. The number of hydrogen-bond acceptors (Lipinski definition) is 4. The number of thiazole rings is 1. The molecule has 0 atom stereocenters. The fraction of sp³-hybridized carbons (Fsp3) is 0.150. The summed E-state index contributed by atoms with van der Waals surface area (Å²) in [6.07, 6.45) is 1.22. The van der Waals surface area contributed by atoms with Crippen molar-refractivity contribution in [3.05, 3.63) is 65.2 Å². The second kappa shape index (κ2) is 6.07. The minimum absolute atomic E-state index is 0.315. The summed E-state index contributed by atoms with van der Waals surface area (Å²) >= 11 is 1.67. The summed E-state index contributed by atoms with van der Waals surface area (Å²) in [5.74, 6) is 0. The molecule has 0 saturated heterocycles. The maximum atomic E-state index is 11.7. The van der Waals surface area contributed by atoms with E-state index in [1.807, 2.05) is 30.3 Å². The van der Waals surface area contributed by atoms with Gasteiger partial charge in [-0.2, -0.15) is 0 Å². The van der Waals surface area contributed by atoms with Crippen LogP contribution < -0.4 is 0 Å². The van der Waals surface area contributed by atoms with Gasteiger partial charge >= 0.3 is 0 Å². The molecule has 2 aromatic heterocycles. The lowest BCUT2D eigenvalue weighted by atomic mass is 10.0. The Kier molecular flexibility index (Phi) is 3.97. The van der Waals surface area contributed by atoms with Gasteiger partial charge < -0.3 is 0 Å². The summed E-state index contributed by atoms with van der Waals surface area (Å²) < 4.78 is 25.7. The Labute approximate surface area is 156 Å². The highest BCUT2D eigenvalue weighted by Crippen LogP contribution is 2.37. The average Bonchev–Trinajstić information content (AvgIpc) is 3.12. The maximum Gasteiger partial charge on any atom is 0.195 e. The number of imidazole rings is 1. The molecule has 6 heteroatoms. The van der Waals surface area contributed by atoms with Gasteiger partial charge in [0.15, 0.2) is 14.8 Å². The molecule has 0 bridgehead atoms. The van der Waals surface area contributed by atoms with E-state index in [9.17, 15) is 8.42 Å². The first kappa shape index (κ1) is 17.0. The van der Waals surface area contributed by atoms with Crippen molar-refractivity contribution in [2.75, 3.05) is 6.26 Å². The van der Waals surface area contributed by atoms with Gasteiger partial charge in [0, 0.05) is 28.0 Å². The molecule has 2 heterocycles. The summed E-state index contributed by atoms with van der Waals surface area (Å²) in [6.45, 7) is 4.20. The molecule has 0 spiro atoms. The topological polar surface area (TPSA) is 51.4 Å². The molecule has 0 N–H and O–H groups in total. The second-order valence-corrected chi connectivity index (χ2v) is 9.53. The number of benzene rings is 2. The lowest BCUT2D eigenvalue weighted by molar-refractivity contribution is 0.602. The van der Waals surface area contributed by atoms with Crippen LogP contribution in [0.1, 0.15) is 10.6 Å². The summed E-state index contributed by atoms with van der Waals surface area (Å²) in [6, 6.07) is 17.1. The minimum atomic E-state index is -3.21. The molecule has 26 heavy (non-hydrogen) atoms. The van der Waals surface area contributed by atoms with Gasteiger partial charge in [-0.1, -0.05) is 42.5 Å². The quantitative estimate of drug-likeness (QED) is 0.514. The fourth-order valence-electron chi connectivity index (χ4n) is 3.07. The van der Waals surface area contributed by atoms with Gasteiger partial charge in [-0.05, 0) is 26.0 Å². The highest BCUT2D eigenvalue weighted by molar-refractivity contribution is 7.90. The summed E-state index contributed by atoms with van der Waals surface area (Å²) in [5, 5.41) is 0. The van der Waals surface area contributed by atoms with Crippen LogP contribution in [0.4, 0.5) is 0 Å². The average molecular weight is 383 g/mol. The third-order valence-corrected chi connectivity index (χ3v) is 6.73. The van der Waals surface area contributed by atoms with E-state index in [1.54, 1.807) is 23.5 Å². The fourth-order valence-corrected chi connectivity index (χ4v) is 4.67. The van der Waals surface area contributed by atoms with Crippen LogP contribution in [0.2, 0.25) is 0 Å². The molecule has 0 fully saturated rings. The molecule has 0 aliphatic heterocycles. The van der Waals surface area contributed by atoms with Crippen molar-refractivity contribution in [1.29, 1.82) is 0 Å². The first-order chi connectivity index (χ1) is 12.4. The number of fused-ring (bicyclic) bond motifs is 1. The molecule has 0 unspecified atom stereocenters. The summed E-state index contributed by atoms with van der Waals surface area (Å²) in [4.78, 5) is 7.37. The third kappa shape index (κ3) is 2.75. The van der Waals surface area contributed by atoms with Crippen molar-refractivity contribution in [3.63, 3.8) is 0 Å². The Morgan fingerprint density at radius 2 is 1.58 bits per heavy atom. The van der Waals surface area contributed by atoms with Gasteiger partial charge in [-0.25, -0.2) is 13.4 Å². The molecule has 2 aromatic carbocycles. The van der Waals surface area contributed by atoms with E-state index in [4.69, 9.17) is 4.98 Å². The van der Waals surface area contributed by atoms with Crippen molar-refractivity contribution >= 4 is 26.1 Å². The Morgan fingerprint density at radius 3 is 2.19 bits per heavy atom. The smallest absolute Gasteiger partial charge is 0.195 e. The number of nitrogens with zero attached hydrogens (tertiary/aromatic N) is 2. The number of aryl methyl sites for hydroxylation is 2. The normalized spacial score (nSPS) is 12.0. The Balaban J connectivity index is 1.99. The van der Waals surface area contributed by atoms with Crippen LogP contribution in [0, 0.1) is 13.8 Å². The number of rotatable bonds is 3. The molecule has 0 aliphatic carbocycles. The zero-order valence-corrected chi connectivity index (χ0v) is 16.4. The number of sulfone groups is 1. The summed E-state index contributed by atoms with van der Waals surface area (Å²) in [7, 11) is -3.21. The second-order valence-electron chi connectivity index (χ2n) is 6.33. The van der Waals surface area contributed by atoms with Crippen LogP contribution >= 0.6 is 11.3 Å². The van der Waals surface area contributed by atoms with Crippen molar-refractivity contribution in [2.45, 2.75) is 18.7 Å². The van der Waals surface area contributed by atoms with Crippen molar-refractivity contribution in [2.24, 2.45) is 0 Å². The van der Waals surface area contributed by atoms with Gasteiger partial charge in [-0.15, -0.1) is 11.3 Å². The van der Waals surface area contributed by atoms with Gasteiger partial charge in [0.05, 0.1) is 16.3 Å². The number of aromatic nitrogens is 2. The van der Waals surface area contributed by atoms with Crippen LogP contribution in [0.25, 0.3) is 27.5 Å². The number of hydrogen-bond donors (Lipinski definition) is 0. The molecular weight excluding hydrogens is 364 g/mol. The molecule has 0 radical (unpaired) electrons. The molecule has 4 nitrogen and oxygen atoms in total. The van der Waals surface area contributed by atoms with Crippen molar-refractivity contribution in [1.82, 2.24) is 9.38 Å². The molecule has 4 rings (SSSR count). The molecule has 132 valence electrons. The van der Waals surface area contributed by atoms with Crippen LogP contribution in [0.15, 0.2) is 59.5 Å². The monoisotopic (exact) mass is 382 g/mol. The van der Waals surface area contributed by atoms with Crippen molar-refractivity contribution < 1.29 is 8.42 Å². The SMILES string of the molecule is Cc1sc2nc(-c3ccc(S(C)(=O)=O)cc3)c(-c3ccccc3)n2c1C. The van der Waals surface area contributed by atoms with E-state index in [1.165, 1.54) is 16.8 Å². The highest BCUT2D eigenvalue weighted by Gasteiger charge is 2.20. The van der Waals surface area contributed by atoms with Gasteiger partial charge in [0.25, 0.3) is 0 Å². The highest BCUT2D eigenvalue weighted by atomic mass is 32.2. The molecular formula is C20H18N2O2S2. The van der Waals surface area contributed by atoms with Gasteiger partial charge in [0.2, 0.25) is 0 Å². The van der Waals surface area contributed by atoms with E-state index in [-0.39, 0.29) is 0 Å². The van der Waals surface area contributed by atoms with Crippen LogP contribution in [0.3, 0.4) is 0 Å². The Morgan fingerprint density at radius 1 is 0.923 bits per heavy atom. The third-order valence-electron chi connectivity index (χ3n) is 4.54. The first-order valence-corrected chi connectivity index (χ1v) is 10.9. The van der Waals surface area contributed by atoms with E-state index in [0.717, 1.165) is 27.5 Å². The molecule has 4 aromatic rings. The molecule has 0 aliphatic rings. The Hall–Kier alpha value is -2.44. The largest absolute Gasteiger partial charge is 0.287 e. The first-order valence-electron chi connectivity index (χ1n) is 8.20. The Bertz CT molecular complexity index is 1200. The lowest BCUT2D eigenvalue weighted by Gasteiger charge is -2.07. The zero-order valence-electron chi connectivity index (χ0n) is 14.7. The predicted molar refractivity (Wildman–Crippen MR) is 107 cm³/mol. The van der Waals surface area contributed by atoms with E-state index in [2.05, 4.69) is 30.4 Å². The summed E-state index contributed by atoms with van der Waals surface area (Å²) in [5.41, 5.74) is 5.07. The maximum absolute atomic E-state index is 11.7. The van der Waals surface area contributed by atoms with E-state index >= 15 is 0 Å². The van der Waals surface area contributed by atoms with Gasteiger partial charge in [0.1, 0.15) is 0 Å². The van der Waals surface area contributed by atoms with Gasteiger partial charge in [-0.3, -0.25) is 4.40 Å². The van der Waals surface area contributed by atoms with Crippen LogP contribution in [-0.4, -0.2) is 24.1 Å². The minimum Gasteiger partial charge on any atom is -0.287 e. The predicted octanol–water partition coefficient (Wildman–Crippen LogP) is 4.75. The standard InChI is InChI=1S/C20H18N2O2S2/c1-13-14(2)25-20-21-18(15-9-11-17(12-10-15)26(3,23)24)19(22(13)20)16-7-5-4-6-8-16/h4-12H,1-3H3. The van der Waals surface area contributed by atoms with E-state index < -0.39 is 9.84 Å². The zero-order chi connectivity index (χ0) is 18.5. The van der Waals surface area contributed by atoms with E-state index in [0.29, 0.717) is 4.90 Å². The van der Waals surface area contributed by atoms with Crippen LogP contribution in [0.5, 0.6) is 0 Å². The van der Waals surface area contributed by atoms with Crippen molar-refractivity contribution in [3.8, 4) is 22.5 Å². The van der Waals surface area contributed by atoms with Crippen LogP contribution in [-0.2, 0) is 9.84 Å². The molecule has 0 saturated carbocycles. The lowest BCUT2D eigenvalue weighted by Crippen LogP contribution is -1.96.